The molecule has 0 bridgehead atoms. The van der Waals surface area contributed by atoms with Gasteiger partial charge in [-0.05, 0) is 26.3 Å². The molecule has 0 aliphatic carbocycles. The van der Waals surface area contributed by atoms with Crippen molar-refractivity contribution in [2.75, 3.05) is 0 Å². The van der Waals surface area contributed by atoms with Gasteiger partial charge in [-0.15, -0.1) is 0 Å². The minimum Gasteiger partial charge on any atom is -0.294 e. The van der Waals surface area contributed by atoms with Crippen LogP contribution in [0.5, 0.6) is 0 Å². The van der Waals surface area contributed by atoms with Crippen molar-refractivity contribution in [2.24, 2.45) is 0 Å². The van der Waals surface area contributed by atoms with E-state index < -0.39 is 39.7 Å². The highest BCUT2D eigenvalue weighted by molar-refractivity contribution is 7.84. The Kier molecular flexibility index (Phi) is 6.27. The maximum absolute atomic E-state index is 14.3. The quantitative estimate of drug-likeness (QED) is 0.714. The number of hydrogen-bond donors (Lipinski definition) is 1. The van der Waals surface area contributed by atoms with E-state index in [2.05, 4.69) is 4.72 Å². The Labute approximate surface area is 159 Å². The summed E-state index contributed by atoms with van der Waals surface area (Å²) in [6, 6.07) is 14.9. The van der Waals surface area contributed by atoms with Crippen molar-refractivity contribution in [3.63, 3.8) is 0 Å². The number of halogens is 3. The van der Waals surface area contributed by atoms with Crippen LogP contribution in [0.15, 0.2) is 60.7 Å². The number of nitrogens with one attached hydrogen (secondary N) is 1. The van der Waals surface area contributed by atoms with E-state index in [1.807, 2.05) is 0 Å². The third-order valence-electron chi connectivity index (χ3n) is 4.10. The van der Waals surface area contributed by atoms with Gasteiger partial charge in [-0.25, -0.2) is 8.93 Å². The Balaban J connectivity index is 2.58. The number of ketones is 1. The smallest absolute Gasteiger partial charge is 0.294 e. The zero-order chi connectivity index (χ0) is 20.3. The number of rotatable bonds is 6. The lowest BCUT2D eigenvalue weighted by molar-refractivity contribution is -0.193. The lowest BCUT2D eigenvalue weighted by Gasteiger charge is -2.38. The van der Waals surface area contributed by atoms with Crippen molar-refractivity contribution >= 4 is 16.8 Å². The van der Waals surface area contributed by atoms with Crippen LogP contribution in [0.4, 0.5) is 13.2 Å². The molecule has 0 heterocycles. The van der Waals surface area contributed by atoms with Crippen LogP contribution in [-0.4, -0.2) is 20.9 Å². The molecule has 0 aliphatic rings. The van der Waals surface area contributed by atoms with Gasteiger partial charge in [-0.3, -0.25) is 4.79 Å². The number of alkyl halides is 3. The van der Waals surface area contributed by atoms with Gasteiger partial charge in [0.2, 0.25) is 0 Å². The number of hydrogen-bond acceptors (Lipinski definition) is 2. The molecule has 0 aliphatic heterocycles. The van der Waals surface area contributed by atoms with Crippen molar-refractivity contribution in [1.82, 2.24) is 4.72 Å². The van der Waals surface area contributed by atoms with Crippen molar-refractivity contribution in [1.29, 1.82) is 0 Å². The largest absolute Gasteiger partial charge is 0.412 e. The Morgan fingerprint density at radius 2 is 1.41 bits per heavy atom. The summed E-state index contributed by atoms with van der Waals surface area (Å²) in [6.07, 6.45) is -5.74. The van der Waals surface area contributed by atoms with E-state index in [1.54, 1.807) is 45.0 Å². The number of carbonyl (C=O) groups is 1. The second-order valence-electron chi connectivity index (χ2n) is 7.22. The first-order valence-corrected chi connectivity index (χ1v) is 9.52. The molecular formula is C20H22F3NO2S. The summed E-state index contributed by atoms with van der Waals surface area (Å²) in [7, 11) is -2.05. The van der Waals surface area contributed by atoms with Crippen molar-refractivity contribution in [3.8, 4) is 0 Å². The van der Waals surface area contributed by atoms with Gasteiger partial charge in [0.25, 0.3) is 0 Å². The molecule has 1 unspecified atom stereocenters. The number of benzene rings is 2. The van der Waals surface area contributed by atoms with Gasteiger partial charge >= 0.3 is 6.18 Å². The summed E-state index contributed by atoms with van der Waals surface area (Å²) in [6.45, 7) is 4.71. The van der Waals surface area contributed by atoms with Crippen molar-refractivity contribution < 1.29 is 22.2 Å². The molecule has 0 aromatic heterocycles. The van der Waals surface area contributed by atoms with Gasteiger partial charge in [0.15, 0.2) is 11.3 Å². The standard InChI is InChI=1S/C20H22F3NO2S/c1-18(2,3)27(26)24-19(20(21,22)23,16-12-8-5-9-13-16)14-17(25)15-10-6-4-7-11-15/h4-13,24H,14H2,1-3H3/t19-,27?/m1/s1. The topological polar surface area (TPSA) is 46.2 Å². The second kappa shape index (κ2) is 7.94. The molecular weight excluding hydrogens is 375 g/mol. The molecule has 0 saturated heterocycles. The van der Waals surface area contributed by atoms with Gasteiger partial charge < -0.3 is 0 Å². The normalized spacial score (nSPS) is 15.8. The number of Topliss-reactive ketones (excluding diaryl/α,β-unsaturated/α-hetero) is 1. The second-order valence-corrected chi connectivity index (χ2v) is 9.18. The first-order valence-electron chi connectivity index (χ1n) is 8.37. The van der Waals surface area contributed by atoms with Crippen molar-refractivity contribution in [2.45, 2.75) is 43.7 Å². The highest BCUT2D eigenvalue weighted by atomic mass is 32.2. The Morgan fingerprint density at radius 1 is 0.926 bits per heavy atom. The van der Waals surface area contributed by atoms with E-state index in [0.29, 0.717) is 0 Å². The molecule has 0 spiro atoms. The minimum absolute atomic E-state index is 0.153. The van der Waals surface area contributed by atoms with Gasteiger partial charge in [0.1, 0.15) is 0 Å². The zero-order valence-electron chi connectivity index (χ0n) is 15.3. The molecule has 2 atom stereocenters. The lowest BCUT2D eigenvalue weighted by Crippen LogP contribution is -2.57. The molecule has 2 rings (SSSR count). The lowest BCUT2D eigenvalue weighted by atomic mass is 9.84. The highest BCUT2D eigenvalue weighted by Gasteiger charge is 2.58. The van der Waals surface area contributed by atoms with Crippen LogP contribution < -0.4 is 4.72 Å². The molecule has 1 N–H and O–H groups in total. The average molecular weight is 397 g/mol. The van der Waals surface area contributed by atoms with Gasteiger partial charge in [-0.2, -0.15) is 13.2 Å². The third-order valence-corrected chi connectivity index (χ3v) is 5.74. The van der Waals surface area contributed by atoms with Crippen molar-refractivity contribution in [3.05, 3.63) is 71.8 Å². The predicted octanol–water partition coefficient (Wildman–Crippen LogP) is 4.77. The van der Waals surface area contributed by atoms with Gasteiger partial charge in [-0.1, -0.05) is 60.7 Å². The summed E-state index contributed by atoms with van der Waals surface area (Å²) >= 11 is 0. The van der Waals surface area contributed by atoms with E-state index in [0.717, 1.165) is 0 Å². The minimum atomic E-state index is -4.85. The Hall–Kier alpha value is -1.99. The molecule has 0 amide bonds. The van der Waals surface area contributed by atoms with Crippen LogP contribution in [0.3, 0.4) is 0 Å². The zero-order valence-corrected chi connectivity index (χ0v) is 16.2. The monoisotopic (exact) mass is 397 g/mol. The van der Waals surface area contributed by atoms with Crippen LogP contribution in [0, 0.1) is 0 Å². The average Bonchev–Trinajstić information content (AvgIpc) is 2.60. The molecule has 7 heteroatoms. The molecule has 2 aromatic rings. The highest BCUT2D eigenvalue weighted by Crippen LogP contribution is 2.43. The predicted molar refractivity (Wildman–Crippen MR) is 101 cm³/mol. The van der Waals surface area contributed by atoms with Crippen LogP contribution in [0.1, 0.15) is 43.1 Å². The van der Waals surface area contributed by atoms with Crippen LogP contribution in [-0.2, 0) is 16.5 Å². The molecule has 2 aromatic carbocycles. The molecule has 0 fully saturated rings. The van der Waals surface area contributed by atoms with E-state index in [4.69, 9.17) is 0 Å². The molecule has 146 valence electrons. The summed E-state index contributed by atoms with van der Waals surface area (Å²) in [5, 5.41) is 0. The molecule has 0 saturated carbocycles. The maximum atomic E-state index is 14.3. The summed E-state index contributed by atoms with van der Waals surface area (Å²) in [5.74, 6) is -0.685. The first-order chi connectivity index (χ1) is 12.5. The van der Waals surface area contributed by atoms with Crippen LogP contribution >= 0.6 is 0 Å². The van der Waals surface area contributed by atoms with Crippen LogP contribution in [0.25, 0.3) is 0 Å². The number of carbonyl (C=O) groups excluding carboxylic acids is 1. The van der Waals surface area contributed by atoms with Gasteiger partial charge in [0.05, 0.1) is 15.7 Å². The molecule has 27 heavy (non-hydrogen) atoms. The third kappa shape index (κ3) is 4.84. The SMILES string of the molecule is CC(C)(C)S(=O)N[C@](CC(=O)c1ccccc1)(c1ccccc1)C(F)(F)F. The Morgan fingerprint density at radius 3 is 1.85 bits per heavy atom. The first kappa shape index (κ1) is 21.3. The van der Waals surface area contributed by atoms with E-state index in [9.17, 15) is 22.2 Å². The molecule has 0 radical (unpaired) electrons. The fraction of sp³-hybridized carbons (Fsp3) is 0.350. The van der Waals surface area contributed by atoms with E-state index >= 15 is 0 Å². The van der Waals surface area contributed by atoms with Crippen LogP contribution in [0.2, 0.25) is 0 Å². The Bertz CT molecular complexity index is 801. The van der Waals surface area contributed by atoms with E-state index in [1.165, 1.54) is 36.4 Å². The summed E-state index contributed by atoms with van der Waals surface area (Å²) in [4.78, 5) is 12.7. The fourth-order valence-corrected chi connectivity index (χ4v) is 3.45. The summed E-state index contributed by atoms with van der Waals surface area (Å²) in [5.41, 5.74) is -2.75. The van der Waals surface area contributed by atoms with Gasteiger partial charge in [0, 0.05) is 12.0 Å². The van der Waals surface area contributed by atoms with E-state index in [-0.39, 0.29) is 11.1 Å². The summed E-state index contributed by atoms with van der Waals surface area (Å²) < 4.78 is 56.9. The maximum Gasteiger partial charge on any atom is 0.412 e. The molecule has 3 nitrogen and oxygen atoms in total. The fourth-order valence-electron chi connectivity index (χ4n) is 2.52.